The monoisotopic (exact) mass is 166 g/mol. The van der Waals surface area contributed by atoms with Crippen LogP contribution < -0.4 is 5.32 Å². The number of rotatable bonds is 1. The molecule has 3 N–H and O–H groups in total. The molecule has 0 aromatic heterocycles. The topological polar surface area (TPSA) is 56.1 Å². The molecule has 0 radical (unpaired) electrons. The van der Waals surface area contributed by atoms with Gasteiger partial charge >= 0.3 is 0 Å². The molecule has 1 aliphatic rings. The van der Waals surface area contributed by atoms with Crippen molar-refractivity contribution in [2.24, 2.45) is 0 Å². The number of halogens is 1. The van der Waals surface area contributed by atoms with E-state index in [1.807, 2.05) is 0 Å². The normalized spacial score (nSPS) is 34.7. The van der Waals surface area contributed by atoms with Crippen LogP contribution in [0.4, 0.5) is 0 Å². The molecule has 3 nitrogen and oxygen atoms in total. The Kier molecular flexibility index (Phi) is 1.88. The van der Waals surface area contributed by atoms with Gasteiger partial charge in [-0.3, -0.25) is 5.41 Å². The number of aliphatic hydroxyl groups is 1. The lowest BCUT2D eigenvalue weighted by atomic mass is 10.3. The van der Waals surface area contributed by atoms with Crippen LogP contribution in [0.2, 0.25) is 0 Å². The third-order valence-electron chi connectivity index (χ3n) is 1.02. The van der Waals surface area contributed by atoms with Gasteiger partial charge in [-0.25, -0.2) is 0 Å². The fourth-order valence-electron chi connectivity index (χ4n) is 0.547. The van der Waals surface area contributed by atoms with Crippen LogP contribution in [0.15, 0.2) is 0 Å². The summed E-state index contributed by atoms with van der Waals surface area (Å²) in [7, 11) is 0. The van der Waals surface area contributed by atoms with Gasteiger partial charge in [0, 0.05) is 0 Å². The summed E-state index contributed by atoms with van der Waals surface area (Å²) in [6.45, 7) is 0. The van der Waals surface area contributed by atoms with Crippen molar-refractivity contribution in [1.29, 1.82) is 5.41 Å². The van der Waals surface area contributed by atoms with E-state index < -0.39 is 5.72 Å². The molecule has 1 aliphatic heterocycles. The zero-order valence-corrected chi connectivity index (χ0v) is 6.22. The molecule has 1 atom stereocenters. The fourth-order valence-corrected chi connectivity index (χ4v) is 1.64. The second kappa shape index (κ2) is 2.36. The zero-order valence-electron chi connectivity index (χ0n) is 4.65. The van der Waals surface area contributed by atoms with Gasteiger partial charge in [0.1, 0.15) is 0 Å². The van der Waals surface area contributed by atoms with E-state index in [2.05, 4.69) is 5.32 Å². The Bertz CT molecular complexity index is 143. The predicted octanol–water partition coefficient (Wildman–Crippen LogP) is 0.185. The van der Waals surface area contributed by atoms with Crippen LogP contribution in [0.1, 0.15) is 0 Å². The summed E-state index contributed by atoms with van der Waals surface area (Å²) in [4.78, 5) is 0. The summed E-state index contributed by atoms with van der Waals surface area (Å²) in [5, 5.41) is 19.1. The van der Waals surface area contributed by atoms with Crippen molar-refractivity contribution in [2.45, 2.75) is 5.72 Å². The van der Waals surface area contributed by atoms with Crippen molar-refractivity contribution in [2.75, 3.05) is 11.6 Å². The zero-order chi connectivity index (χ0) is 6.91. The molecule has 0 amide bonds. The molecule has 0 aliphatic carbocycles. The van der Waals surface area contributed by atoms with Gasteiger partial charge in [0.2, 0.25) is 0 Å². The fraction of sp³-hybridized carbons (Fsp3) is 0.750. The molecule has 9 heavy (non-hydrogen) atoms. The lowest BCUT2D eigenvalue weighted by molar-refractivity contribution is 0.0783. The molecule has 1 saturated heterocycles. The van der Waals surface area contributed by atoms with E-state index in [0.717, 1.165) is 0 Å². The minimum atomic E-state index is -1.04. The molecule has 0 saturated carbocycles. The molecule has 1 fully saturated rings. The molecule has 0 aromatic rings. The Morgan fingerprint density at radius 1 is 2.00 bits per heavy atom. The largest absolute Gasteiger partial charge is 0.369 e. The molecule has 1 rings (SSSR count). The minimum Gasteiger partial charge on any atom is -0.369 e. The lowest BCUT2D eigenvalue weighted by Gasteiger charge is -2.17. The highest BCUT2D eigenvalue weighted by atomic mass is 35.5. The molecule has 1 heterocycles. The maximum absolute atomic E-state index is 9.27. The smallest absolute Gasteiger partial charge is 0.160 e. The van der Waals surface area contributed by atoms with Crippen molar-refractivity contribution in [3.05, 3.63) is 0 Å². The summed E-state index contributed by atoms with van der Waals surface area (Å²) in [6.07, 6.45) is 0. The average molecular weight is 167 g/mol. The Balaban J connectivity index is 2.54. The number of thioether (sulfide) groups is 1. The SMILES string of the molecule is N=C1NC(O)(CCl)CS1. The first-order chi connectivity index (χ1) is 4.16. The third-order valence-corrected chi connectivity index (χ3v) is 2.48. The highest BCUT2D eigenvalue weighted by Gasteiger charge is 2.33. The van der Waals surface area contributed by atoms with E-state index in [1.165, 1.54) is 11.8 Å². The van der Waals surface area contributed by atoms with Gasteiger partial charge in [-0.1, -0.05) is 11.8 Å². The average Bonchev–Trinajstić information content (AvgIpc) is 2.13. The summed E-state index contributed by atoms with van der Waals surface area (Å²) >= 11 is 6.66. The quantitative estimate of drug-likeness (QED) is 0.488. The number of amidine groups is 1. The van der Waals surface area contributed by atoms with Gasteiger partial charge in [-0.05, 0) is 0 Å². The van der Waals surface area contributed by atoms with E-state index in [-0.39, 0.29) is 11.0 Å². The van der Waals surface area contributed by atoms with Gasteiger partial charge in [0.25, 0.3) is 0 Å². The van der Waals surface area contributed by atoms with Gasteiger partial charge in [0.05, 0.1) is 11.6 Å². The Morgan fingerprint density at radius 2 is 2.67 bits per heavy atom. The summed E-state index contributed by atoms with van der Waals surface area (Å²) in [5.41, 5.74) is -1.04. The Hall–Kier alpha value is 0.0700. The second-order valence-electron chi connectivity index (χ2n) is 1.91. The minimum absolute atomic E-state index is 0.127. The summed E-state index contributed by atoms with van der Waals surface area (Å²) in [5.74, 6) is 0.595. The van der Waals surface area contributed by atoms with Crippen molar-refractivity contribution in [3.63, 3.8) is 0 Å². The third kappa shape index (κ3) is 1.50. The van der Waals surface area contributed by atoms with Crippen LogP contribution in [0.5, 0.6) is 0 Å². The van der Waals surface area contributed by atoms with E-state index >= 15 is 0 Å². The van der Waals surface area contributed by atoms with E-state index in [9.17, 15) is 5.11 Å². The molecule has 5 heteroatoms. The van der Waals surface area contributed by atoms with Gasteiger partial charge in [-0.15, -0.1) is 11.6 Å². The molecule has 1 unspecified atom stereocenters. The maximum atomic E-state index is 9.27. The van der Waals surface area contributed by atoms with Crippen LogP contribution in [0.3, 0.4) is 0 Å². The molecule has 0 aromatic carbocycles. The molecule has 0 bridgehead atoms. The van der Waals surface area contributed by atoms with Crippen molar-refractivity contribution in [1.82, 2.24) is 5.32 Å². The van der Waals surface area contributed by atoms with Gasteiger partial charge < -0.3 is 10.4 Å². The van der Waals surface area contributed by atoms with Crippen LogP contribution in [0.25, 0.3) is 0 Å². The molecular weight excluding hydrogens is 160 g/mol. The number of hydrogen-bond donors (Lipinski definition) is 3. The van der Waals surface area contributed by atoms with Crippen molar-refractivity contribution in [3.8, 4) is 0 Å². The highest BCUT2D eigenvalue weighted by molar-refractivity contribution is 8.14. The lowest BCUT2D eigenvalue weighted by Crippen LogP contribution is -2.45. The Morgan fingerprint density at radius 3 is 2.89 bits per heavy atom. The van der Waals surface area contributed by atoms with E-state index in [1.54, 1.807) is 0 Å². The summed E-state index contributed by atoms with van der Waals surface area (Å²) in [6, 6.07) is 0. The first-order valence-corrected chi connectivity index (χ1v) is 3.96. The number of nitrogens with one attached hydrogen (secondary N) is 2. The van der Waals surface area contributed by atoms with Crippen molar-refractivity contribution >= 4 is 28.5 Å². The molecular formula is C4H7ClN2OS. The van der Waals surface area contributed by atoms with Gasteiger partial charge in [-0.2, -0.15) is 0 Å². The standard InChI is InChI=1S/C4H7ClN2OS/c5-1-4(8)2-9-3(6)7-4/h8H,1-2H2,(H2,6,7). The second-order valence-corrected chi connectivity index (χ2v) is 3.16. The van der Waals surface area contributed by atoms with E-state index in [0.29, 0.717) is 5.75 Å². The number of alkyl halides is 1. The highest BCUT2D eigenvalue weighted by Crippen LogP contribution is 2.20. The first-order valence-electron chi connectivity index (χ1n) is 2.44. The van der Waals surface area contributed by atoms with Crippen LogP contribution >= 0.6 is 23.4 Å². The predicted molar refractivity (Wildman–Crippen MR) is 39.0 cm³/mol. The number of hydrogen-bond acceptors (Lipinski definition) is 3. The van der Waals surface area contributed by atoms with E-state index in [4.69, 9.17) is 17.0 Å². The molecule has 0 spiro atoms. The first kappa shape index (κ1) is 7.18. The summed E-state index contributed by atoms with van der Waals surface area (Å²) < 4.78 is 0. The van der Waals surface area contributed by atoms with Crippen LogP contribution in [-0.2, 0) is 0 Å². The van der Waals surface area contributed by atoms with Crippen LogP contribution in [0, 0.1) is 5.41 Å². The van der Waals surface area contributed by atoms with Gasteiger partial charge in [0.15, 0.2) is 10.9 Å². The van der Waals surface area contributed by atoms with Crippen molar-refractivity contribution < 1.29 is 5.11 Å². The Labute approximate surface area is 62.3 Å². The maximum Gasteiger partial charge on any atom is 0.160 e. The van der Waals surface area contributed by atoms with Crippen LogP contribution in [-0.4, -0.2) is 27.6 Å². The molecule has 52 valence electrons.